The summed E-state index contributed by atoms with van der Waals surface area (Å²) in [4.78, 5) is 11.7. The van der Waals surface area contributed by atoms with E-state index in [4.69, 9.17) is 9.47 Å². The van der Waals surface area contributed by atoms with Crippen molar-refractivity contribution in [3.05, 3.63) is 47.5 Å². The number of aliphatic carboxylic acids is 1. The Morgan fingerprint density at radius 3 is 2.39 bits per heavy atom. The fourth-order valence-electron chi connectivity index (χ4n) is 2.39. The standard InChI is InChI=1S/C17H18O6/c1-22-12-5-6-16(23-2)13(9-12)14(17(20)21)7-10-3-4-11(18)8-15(10)19/h3-6,8-9,14,18-19H,7H2,1-2H3,(H,20,21). The number of carbonyl (C=O) groups is 1. The van der Waals surface area contributed by atoms with E-state index in [1.807, 2.05) is 0 Å². The first-order chi connectivity index (χ1) is 11.0. The Bertz CT molecular complexity index is 710. The van der Waals surface area contributed by atoms with Gasteiger partial charge in [-0.15, -0.1) is 0 Å². The summed E-state index contributed by atoms with van der Waals surface area (Å²) < 4.78 is 10.4. The van der Waals surface area contributed by atoms with Crippen LogP contribution in [0.2, 0.25) is 0 Å². The summed E-state index contributed by atoms with van der Waals surface area (Å²) in [6.45, 7) is 0. The third-order valence-electron chi connectivity index (χ3n) is 3.60. The molecule has 0 aliphatic heterocycles. The minimum absolute atomic E-state index is 0.0466. The van der Waals surface area contributed by atoms with E-state index in [1.54, 1.807) is 18.2 Å². The summed E-state index contributed by atoms with van der Waals surface area (Å²) in [6, 6.07) is 9.00. The fraction of sp³-hybridized carbons (Fsp3) is 0.235. The molecule has 0 amide bonds. The molecule has 0 fully saturated rings. The van der Waals surface area contributed by atoms with Gasteiger partial charge in [-0.05, 0) is 36.2 Å². The molecule has 0 radical (unpaired) electrons. The van der Waals surface area contributed by atoms with Crippen molar-refractivity contribution < 1.29 is 29.6 Å². The molecule has 0 aromatic heterocycles. The Morgan fingerprint density at radius 1 is 1.09 bits per heavy atom. The van der Waals surface area contributed by atoms with Crippen LogP contribution in [0.4, 0.5) is 0 Å². The van der Waals surface area contributed by atoms with Crippen LogP contribution in [0, 0.1) is 0 Å². The van der Waals surface area contributed by atoms with Crippen LogP contribution >= 0.6 is 0 Å². The molecule has 6 heteroatoms. The van der Waals surface area contributed by atoms with E-state index < -0.39 is 11.9 Å². The number of methoxy groups -OCH3 is 2. The van der Waals surface area contributed by atoms with Crippen LogP contribution in [0.15, 0.2) is 36.4 Å². The minimum Gasteiger partial charge on any atom is -0.508 e. The summed E-state index contributed by atoms with van der Waals surface area (Å²) >= 11 is 0. The number of phenolic OH excluding ortho intramolecular Hbond substituents is 2. The number of ether oxygens (including phenoxy) is 2. The van der Waals surface area contributed by atoms with E-state index in [0.717, 1.165) is 0 Å². The Morgan fingerprint density at radius 2 is 1.83 bits per heavy atom. The van der Waals surface area contributed by atoms with Crippen LogP contribution in [-0.4, -0.2) is 35.5 Å². The largest absolute Gasteiger partial charge is 0.508 e. The zero-order valence-electron chi connectivity index (χ0n) is 12.8. The van der Waals surface area contributed by atoms with Crippen LogP contribution < -0.4 is 9.47 Å². The number of hydrogen-bond donors (Lipinski definition) is 3. The van der Waals surface area contributed by atoms with Gasteiger partial charge in [-0.25, -0.2) is 0 Å². The summed E-state index contributed by atoms with van der Waals surface area (Å²) in [6.07, 6.45) is 0.0466. The van der Waals surface area contributed by atoms with E-state index in [1.165, 1.54) is 32.4 Å². The van der Waals surface area contributed by atoms with Crippen molar-refractivity contribution >= 4 is 5.97 Å². The maximum Gasteiger partial charge on any atom is 0.311 e. The van der Waals surface area contributed by atoms with E-state index in [2.05, 4.69) is 0 Å². The molecule has 23 heavy (non-hydrogen) atoms. The van der Waals surface area contributed by atoms with E-state index >= 15 is 0 Å². The number of benzene rings is 2. The highest BCUT2D eigenvalue weighted by Crippen LogP contribution is 2.35. The van der Waals surface area contributed by atoms with Crippen LogP contribution in [0.3, 0.4) is 0 Å². The molecule has 3 N–H and O–H groups in total. The van der Waals surface area contributed by atoms with Gasteiger partial charge in [-0.3, -0.25) is 4.79 Å². The normalized spacial score (nSPS) is 11.7. The lowest BCUT2D eigenvalue weighted by atomic mass is 9.90. The molecule has 0 saturated heterocycles. The molecular formula is C17H18O6. The topological polar surface area (TPSA) is 96.2 Å². The van der Waals surface area contributed by atoms with Gasteiger partial charge >= 0.3 is 5.97 Å². The third-order valence-corrected chi connectivity index (χ3v) is 3.60. The van der Waals surface area contributed by atoms with Crippen molar-refractivity contribution in [1.82, 2.24) is 0 Å². The maximum absolute atomic E-state index is 11.7. The highest BCUT2D eigenvalue weighted by Gasteiger charge is 2.25. The van der Waals surface area contributed by atoms with E-state index in [0.29, 0.717) is 22.6 Å². The van der Waals surface area contributed by atoms with Crippen molar-refractivity contribution in [2.75, 3.05) is 14.2 Å². The van der Waals surface area contributed by atoms with Crippen molar-refractivity contribution in [3.63, 3.8) is 0 Å². The van der Waals surface area contributed by atoms with Crippen molar-refractivity contribution in [3.8, 4) is 23.0 Å². The molecule has 2 aromatic carbocycles. The predicted octanol–water partition coefficient (Wildman–Crippen LogP) is 2.53. The molecule has 0 spiro atoms. The first-order valence-corrected chi connectivity index (χ1v) is 6.91. The molecule has 0 aliphatic carbocycles. The summed E-state index contributed by atoms with van der Waals surface area (Å²) in [5.74, 6) is -1.28. The van der Waals surface area contributed by atoms with Gasteiger partial charge in [0, 0.05) is 11.6 Å². The Kier molecular flexibility index (Phi) is 4.95. The van der Waals surface area contributed by atoms with E-state index in [-0.39, 0.29) is 17.9 Å². The average molecular weight is 318 g/mol. The van der Waals surface area contributed by atoms with Crippen LogP contribution in [0.5, 0.6) is 23.0 Å². The lowest BCUT2D eigenvalue weighted by Crippen LogP contribution is -2.15. The van der Waals surface area contributed by atoms with Gasteiger partial charge in [0.05, 0.1) is 20.1 Å². The van der Waals surface area contributed by atoms with Gasteiger partial charge in [0.2, 0.25) is 0 Å². The van der Waals surface area contributed by atoms with Crippen LogP contribution in [0.1, 0.15) is 17.0 Å². The Hall–Kier alpha value is -2.89. The zero-order chi connectivity index (χ0) is 17.0. The number of carboxylic acid groups (broad SMARTS) is 1. The molecule has 2 rings (SSSR count). The van der Waals surface area contributed by atoms with Crippen LogP contribution in [0.25, 0.3) is 0 Å². The average Bonchev–Trinajstić information content (AvgIpc) is 2.53. The summed E-state index contributed by atoms with van der Waals surface area (Å²) in [5, 5.41) is 28.8. The second kappa shape index (κ2) is 6.91. The monoisotopic (exact) mass is 318 g/mol. The second-order valence-corrected chi connectivity index (χ2v) is 5.02. The van der Waals surface area contributed by atoms with Gasteiger partial charge < -0.3 is 24.8 Å². The molecule has 0 saturated carbocycles. The fourth-order valence-corrected chi connectivity index (χ4v) is 2.39. The number of rotatable bonds is 6. The minimum atomic E-state index is -1.05. The van der Waals surface area contributed by atoms with Gasteiger partial charge in [0.25, 0.3) is 0 Å². The highest BCUT2D eigenvalue weighted by molar-refractivity contribution is 5.78. The van der Waals surface area contributed by atoms with E-state index in [9.17, 15) is 20.1 Å². The first-order valence-electron chi connectivity index (χ1n) is 6.91. The first kappa shape index (κ1) is 16.5. The highest BCUT2D eigenvalue weighted by atomic mass is 16.5. The molecule has 0 aliphatic rings. The molecule has 1 unspecified atom stereocenters. The third kappa shape index (κ3) is 3.66. The lowest BCUT2D eigenvalue weighted by molar-refractivity contribution is -0.138. The maximum atomic E-state index is 11.7. The van der Waals surface area contributed by atoms with Crippen molar-refractivity contribution in [2.24, 2.45) is 0 Å². The number of aromatic hydroxyl groups is 2. The van der Waals surface area contributed by atoms with Gasteiger partial charge in [0.1, 0.15) is 23.0 Å². The summed E-state index contributed by atoms with van der Waals surface area (Å²) in [7, 11) is 2.95. The quantitative estimate of drug-likeness (QED) is 0.757. The van der Waals surface area contributed by atoms with Gasteiger partial charge in [-0.1, -0.05) is 6.07 Å². The van der Waals surface area contributed by atoms with Crippen molar-refractivity contribution in [2.45, 2.75) is 12.3 Å². The Balaban J connectivity index is 2.44. The SMILES string of the molecule is COc1ccc(OC)c(C(Cc2ccc(O)cc2O)C(=O)O)c1. The number of phenols is 2. The zero-order valence-corrected chi connectivity index (χ0v) is 12.8. The van der Waals surface area contributed by atoms with Gasteiger partial charge in [0.15, 0.2) is 0 Å². The molecule has 0 heterocycles. The smallest absolute Gasteiger partial charge is 0.311 e. The van der Waals surface area contributed by atoms with Crippen LogP contribution in [-0.2, 0) is 11.2 Å². The number of carboxylic acids is 1. The van der Waals surface area contributed by atoms with Crippen molar-refractivity contribution in [1.29, 1.82) is 0 Å². The molecule has 122 valence electrons. The molecule has 1 atom stereocenters. The molecule has 6 nitrogen and oxygen atoms in total. The molecule has 0 bridgehead atoms. The molecule has 2 aromatic rings. The Labute approximate surface area is 133 Å². The lowest BCUT2D eigenvalue weighted by Gasteiger charge is -2.18. The number of hydrogen-bond acceptors (Lipinski definition) is 5. The second-order valence-electron chi connectivity index (χ2n) is 5.02. The predicted molar refractivity (Wildman–Crippen MR) is 83.4 cm³/mol. The van der Waals surface area contributed by atoms with Gasteiger partial charge in [-0.2, -0.15) is 0 Å². The molecular weight excluding hydrogens is 300 g/mol. The summed E-state index contributed by atoms with van der Waals surface area (Å²) in [5.41, 5.74) is 0.867.